The third-order valence-corrected chi connectivity index (χ3v) is 5.11. The number of anilines is 2. The van der Waals surface area contributed by atoms with E-state index in [1.807, 2.05) is 43.3 Å². The Hall–Kier alpha value is -3.35. The Labute approximate surface area is 176 Å². The zero-order valence-electron chi connectivity index (χ0n) is 17.6. The van der Waals surface area contributed by atoms with Gasteiger partial charge in [-0.15, -0.1) is 0 Å². The first-order valence-electron chi connectivity index (χ1n) is 9.93. The Balaban J connectivity index is 1.58. The molecule has 2 aromatic carbocycles. The highest BCUT2D eigenvalue weighted by Crippen LogP contribution is 2.26. The number of hydrogen-bond acceptors (Lipinski definition) is 5. The minimum atomic E-state index is -0.609. The number of rotatable bonds is 7. The second-order valence-electron chi connectivity index (χ2n) is 7.55. The molecule has 0 aromatic heterocycles. The van der Waals surface area contributed by atoms with Crippen molar-refractivity contribution in [2.75, 3.05) is 44.1 Å². The number of para-hydroxylation sites is 1. The predicted octanol–water partition coefficient (Wildman–Crippen LogP) is 2.69. The first-order chi connectivity index (χ1) is 14.4. The van der Waals surface area contributed by atoms with Gasteiger partial charge in [-0.3, -0.25) is 9.59 Å². The van der Waals surface area contributed by atoms with Crippen LogP contribution in [-0.4, -0.2) is 57.0 Å². The number of ether oxygens (including phenoxy) is 1. The van der Waals surface area contributed by atoms with E-state index in [1.54, 1.807) is 36.2 Å². The highest BCUT2D eigenvalue weighted by molar-refractivity contribution is 6.03. The lowest BCUT2D eigenvalue weighted by Crippen LogP contribution is -2.31. The van der Waals surface area contributed by atoms with Crippen molar-refractivity contribution in [1.82, 2.24) is 4.90 Å². The Morgan fingerprint density at radius 2 is 1.73 bits per heavy atom. The van der Waals surface area contributed by atoms with Gasteiger partial charge >= 0.3 is 5.97 Å². The van der Waals surface area contributed by atoms with Crippen LogP contribution in [-0.2, 0) is 20.9 Å². The molecular formula is C23H27N3O4. The van der Waals surface area contributed by atoms with Crippen molar-refractivity contribution in [3.8, 4) is 0 Å². The van der Waals surface area contributed by atoms with E-state index < -0.39 is 5.97 Å². The van der Waals surface area contributed by atoms with Crippen LogP contribution >= 0.6 is 0 Å². The Morgan fingerprint density at radius 1 is 1.03 bits per heavy atom. The van der Waals surface area contributed by atoms with Crippen LogP contribution in [0.2, 0.25) is 0 Å². The van der Waals surface area contributed by atoms with E-state index in [0.29, 0.717) is 30.8 Å². The molecule has 1 heterocycles. The molecule has 1 aliphatic heterocycles. The normalized spacial score (nSPS) is 13.3. The maximum atomic E-state index is 12.6. The van der Waals surface area contributed by atoms with E-state index in [1.165, 1.54) is 4.90 Å². The number of hydrogen-bond donors (Lipinski definition) is 0. The fourth-order valence-corrected chi connectivity index (χ4v) is 3.36. The lowest BCUT2D eigenvalue weighted by atomic mass is 10.1. The molecule has 30 heavy (non-hydrogen) atoms. The van der Waals surface area contributed by atoms with Crippen molar-refractivity contribution < 1.29 is 19.1 Å². The highest BCUT2D eigenvalue weighted by atomic mass is 16.5. The molecule has 0 atom stereocenters. The summed E-state index contributed by atoms with van der Waals surface area (Å²) in [6, 6.07) is 14.7. The molecule has 7 nitrogen and oxygen atoms in total. The van der Waals surface area contributed by atoms with E-state index in [0.717, 1.165) is 17.7 Å². The number of benzene rings is 2. The van der Waals surface area contributed by atoms with E-state index in [4.69, 9.17) is 4.74 Å². The van der Waals surface area contributed by atoms with Crippen molar-refractivity contribution in [2.24, 2.45) is 0 Å². The third kappa shape index (κ3) is 4.97. The second-order valence-corrected chi connectivity index (χ2v) is 7.55. The summed E-state index contributed by atoms with van der Waals surface area (Å²) >= 11 is 0. The van der Waals surface area contributed by atoms with Crippen molar-refractivity contribution in [2.45, 2.75) is 19.4 Å². The summed E-state index contributed by atoms with van der Waals surface area (Å²) in [5.41, 5.74) is 2.90. The molecule has 2 amide bonds. The smallest absolute Gasteiger partial charge is 0.340 e. The lowest BCUT2D eigenvalue weighted by molar-refractivity contribution is -0.133. The van der Waals surface area contributed by atoms with Crippen LogP contribution in [0.1, 0.15) is 28.8 Å². The molecule has 0 spiro atoms. The number of nitrogens with zero attached hydrogens (tertiary/aromatic N) is 3. The summed E-state index contributed by atoms with van der Waals surface area (Å²) in [6.07, 6.45) is 1.24. The standard InChI is InChI=1S/C23H27N3O4/c1-24(2)18-12-10-17(11-13-18)15-25(3)22(28)16-30-23(29)19-7-4-5-8-20(19)26-14-6-9-21(26)27/h4-5,7-8,10-13H,6,9,14-16H2,1-3H3. The highest BCUT2D eigenvalue weighted by Gasteiger charge is 2.26. The van der Waals surface area contributed by atoms with Crippen LogP contribution in [0.25, 0.3) is 0 Å². The van der Waals surface area contributed by atoms with Gasteiger partial charge in [0.25, 0.3) is 5.91 Å². The van der Waals surface area contributed by atoms with Crippen LogP contribution in [0.15, 0.2) is 48.5 Å². The molecule has 158 valence electrons. The molecule has 0 radical (unpaired) electrons. The SMILES string of the molecule is CN(Cc1ccc(N(C)C)cc1)C(=O)COC(=O)c1ccccc1N1CCCC1=O. The largest absolute Gasteiger partial charge is 0.452 e. The average Bonchev–Trinajstić information content (AvgIpc) is 3.17. The van der Waals surface area contributed by atoms with Gasteiger partial charge in [-0.05, 0) is 36.2 Å². The molecular weight excluding hydrogens is 382 g/mol. The van der Waals surface area contributed by atoms with Gasteiger partial charge in [0.15, 0.2) is 6.61 Å². The zero-order valence-corrected chi connectivity index (χ0v) is 17.6. The summed E-state index contributed by atoms with van der Waals surface area (Å²) in [7, 11) is 5.61. The molecule has 2 aromatic rings. The molecule has 1 aliphatic rings. The van der Waals surface area contributed by atoms with E-state index in [9.17, 15) is 14.4 Å². The molecule has 1 saturated heterocycles. The number of amides is 2. The third-order valence-electron chi connectivity index (χ3n) is 5.11. The van der Waals surface area contributed by atoms with E-state index in [2.05, 4.69) is 0 Å². The van der Waals surface area contributed by atoms with Gasteiger partial charge in [0.1, 0.15) is 0 Å². The van der Waals surface area contributed by atoms with Crippen LogP contribution in [0, 0.1) is 0 Å². The van der Waals surface area contributed by atoms with Crippen molar-refractivity contribution >= 4 is 29.2 Å². The van der Waals surface area contributed by atoms with Crippen LogP contribution in [0.5, 0.6) is 0 Å². The number of esters is 1. The van der Waals surface area contributed by atoms with Gasteiger partial charge in [0.05, 0.1) is 11.3 Å². The summed E-state index contributed by atoms with van der Waals surface area (Å²) in [6.45, 7) is 0.647. The van der Waals surface area contributed by atoms with Crippen LogP contribution in [0.4, 0.5) is 11.4 Å². The summed E-state index contributed by atoms with van der Waals surface area (Å²) in [4.78, 5) is 42.2. The quantitative estimate of drug-likeness (QED) is 0.658. The fraction of sp³-hybridized carbons (Fsp3) is 0.348. The average molecular weight is 409 g/mol. The van der Waals surface area contributed by atoms with Gasteiger partial charge in [-0.2, -0.15) is 0 Å². The monoisotopic (exact) mass is 409 g/mol. The molecule has 1 fully saturated rings. The molecule has 0 aliphatic carbocycles. The number of carbonyl (C=O) groups excluding carboxylic acids is 3. The van der Waals surface area contributed by atoms with Gasteiger partial charge in [-0.25, -0.2) is 4.79 Å². The Morgan fingerprint density at radius 3 is 2.37 bits per heavy atom. The topological polar surface area (TPSA) is 70.2 Å². The molecule has 7 heteroatoms. The second kappa shape index (κ2) is 9.43. The summed E-state index contributed by atoms with van der Waals surface area (Å²) in [5, 5.41) is 0. The summed E-state index contributed by atoms with van der Waals surface area (Å²) in [5.74, 6) is -0.913. The number of likely N-dealkylation sites (N-methyl/N-ethyl adjacent to an activating group) is 1. The molecule has 0 N–H and O–H groups in total. The van der Waals surface area contributed by atoms with E-state index >= 15 is 0 Å². The predicted molar refractivity (Wildman–Crippen MR) is 116 cm³/mol. The molecule has 0 saturated carbocycles. The first-order valence-corrected chi connectivity index (χ1v) is 9.93. The molecule has 0 unspecified atom stereocenters. The molecule has 0 bridgehead atoms. The minimum Gasteiger partial charge on any atom is -0.452 e. The van der Waals surface area contributed by atoms with Gasteiger partial charge in [0, 0.05) is 46.3 Å². The van der Waals surface area contributed by atoms with E-state index in [-0.39, 0.29) is 18.4 Å². The first kappa shape index (κ1) is 21.4. The zero-order chi connectivity index (χ0) is 21.7. The van der Waals surface area contributed by atoms with Crippen molar-refractivity contribution in [1.29, 1.82) is 0 Å². The summed E-state index contributed by atoms with van der Waals surface area (Å²) < 4.78 is 5.26. The van der Waals surface area contributed by atoms with Crippen molar-refractivity contribution in [3.63, 3.8) is 0 Å². The van der Waals surface area contributed by atoms with Gasteiger partial charge < -0.3 is 19.4 Å². The Bertz CT molecular complexity index is 924. The maximum absolute atomic E-state index is 12.6. The minimum absolute atomic E-state index is 0.00801. The van der Waals surface area contributed by atoms with Gasteiger partial charge in [0.2, 0.25) is 5.91 Å². The molecule has 3 rings (SSSR count). The maximum Gasteiger partial charge on any atom is 0.340 e. The van der Waals surface area contributed by atoms with Crippen LogP contribution < -0.4 is 9.80 Å². The lowest BCUT2D eigenvalue weighted by Gasteiger charge is -2.20. The van der Waals surface area contributed by atoms with Crippen LogP contribution in [0.3, 0.4) is 0 Å². The number of carbonyl (C=O) groups is 3. The van der Waals surface area contributed by atoms with Crippen molar-refractivity contribution in [3.05, 3.63) is 59.7 Å². The van der Waals surface area contributed by atoms with Gasteiger partial charge in [-0.1, -0.05) is 24.3 Å². The Kier molecular flexibility index (Phi) is 6.72. The fourth-order valence-electron chi connectivity index (χ4n) is 3.36.